The third kappa shape index (κ3) is 4.33. The zero-order valence-electron chi connectivity index (χ0n) is 12.3. The SMILES string of the molecule is CCC=C(CNc1ccc(F)cc1)c1ccc(Cl)c(C)c1. The van der Waals surface area contributed by atoms with E-state index in [0.29, 0.717) is 6.54 Å². The predicted octanol–water partition coefficient (Wildman–Crippen LogP) is 5.69. The topological polar surface area (TPSA) is 12.0 Å². The Balaban J connectivity index is 2.14. The minimum absolute atomic E-state index is 0.224. The third-order valence-corrected chi connectivity index (χ3v) is 3.73. The molecule has 1 nitrogen and oxygen atoms in total. The molecule has 0 bridgehead atoms. The molecule has 0 unspecified atom stereocenters. The maximum atomic E-state index is 12.9. The van der Waals surface area contributed by atoms with Gasteiger partial charge < -0.3 is 5.32 Å². The zero-order valence-corrected chi connectivity index (χ0v) is 13.0. The molecule has 0 aliphatic heterocycles. The molecule has 0 aliphatic carbocycles. The van der Waals surface area contributed by atoms with Crippen LogP contribution in [-0.4, -0.2) is 6.54 Å². The summed E-state index contributed by atoms with van der Waals surface area (Å²) in [5.41, 5.74) is 4.34. The Bertz CT molecular complexity index is 632. The number of hydrogen-bond donors (Lipinski definition) is 1. The number of allylic oxidation sites excluding steroid dienone is 1. The molecule has 0 spiro atoms. The first-order valence-corrected chi connectivity index (χ1v) is 7.43. The number of hydrogen-bond acceptors (Lipinski definition) is 1. The van der Waals surface area contributed by atoms with Gasteiger partial charge in [0.25, 0.3) is 0 Å². The second-order valence-corrected chi connectivity index (χ2v) is 5.37. The smallest absolute Gasteiger partial charge is 0.123 e. The van der Waals surface area contributed by atoms with Crippen molar-refractivity contribution < 1.29 is 4.39 Å². The van der Waals surface area contributed by atoms with Crippen molar-refractivity contribution in [3.05, 3.63) is 70.5 Å². The molecule has 2 aromatic carbocycles. The summed E-state index contributed by atoms with van der Waals surface area (Å²) in [4.78, 5) is 0. The summed E-state index contributed by atoms with van der Waals surface area (Å²) in [6.07, 6.45) is 3.15. The molecule has 0 heterocycles. The summed E-state index contributed by atoms with van der Waals surface area (Å²) in [5.74, 6) is -0.224. The Morgan fingerprint density at radius 3 is 2.52 bits per heavy atom. The Morgan fingerprint density at radius 1 is 1.19 bits per heavy atom. The van der Waals surface area contributed by atoms with E-state index in [9.17, 15) is 4.39 Å². The average molecular weight is 304 g/mol. The predicted molar refractivity (Wildman–Crippen MR) is 89.3 cm³/mol. The van der Waals surface area contributed by atoms with E-state index in [1.807, 2.05) is 19.1 Å². The van der Waals surface area contributed by atoms with Gasteiger partial charge in [-0.25, -0.2) is 4.39 Å². The fraction of sp³-hybridized carbons (Fsp3) is 0.222. The molecule has 2 rings (SSSR count). The number of benzene rings is 2. The molecule has 1 N–H and O–H groups in total. The van der Waals surface area contributed by atoms with Gasteiger partial charge >= 0.3 is 0 Å². The molecule has 0 aromatic heterocycles. The van der Waals surface area contributed by atoms with E-state index in [0.717, 1.165) is 28.3 Å². The second kappa shape index (κ2) is 7.28. The van der Waals surface area contributed by atoms with Crippen molar-refractivity contribution in [2.45, 2.75) is 20.3 Å². The highest BCUT2D eigenvalue weighted by molar-refractivity contribution is 6.31. The molecule has 0 amide bonds. The van der Waals surface area contributed by atoms with Crippen molar-refractivity contribution in [3.8, 4) is 0 Å². The molecule has 0 saturated heterocycles. The van der Waals surface area contributed by atoms with Crippen molar-refractivity contribution in [1.82, 2.24) is 0 Å². The molecular formula is C18H19ClFN. The van der Waals surface area contributed by atoms with Gasteiger partial charge in [0.2, 0.25) is 0 Å². The largest absolute Gasteiger partial charge is 0.381 e. The average Bonchev–Trinajstić information content (AvgIpc) is 2.48. The molecule has 0 fully saturated rings. The maximum absolute atomic E-state index is 12.9. The quantitative estimate of drug-likeness (QED) is 0.748. The summed E-state index contributed by atoms with van der Waals surface area (Å²) in [5, 5.41) is 4.10. The van der Waals surface area contributed by atoms with Gasteiger partial charge in [-0.15, -0.1) is 0 Å². The summed E-state index contributed by atoms with van der Waals surface area (Å²) in [7, 11) is 0. The highest BCUT2D eigenvalue weighted by Gasteiger charge is 2.04. The van der Waals surface area contributed by atoms with E-state index >= 15 is 0 Å². The molecule has 0 aliphatic rings. The minimum atomic E-state index is -0.224. The molecule has 2 aromatic rings. The van der Waals surface area contributed by atoms with Crippen LogP contribution in [0.2, 0.25) is 5.02 Å². The first-order valence-electron chi connectivity index (χ1n) is 7.05. The van der Waals surface area contributed by atoms with Crippen LogP contribution in [0.1, 0.15) is 24.5 Å². The lowest BCUT2D eigenvalue weighted by atomic mass is 10.0. The van der Waals surface area contributed by atoms with Crippen LogP contribution < -0.4 is 5.32 Å². The van der Waals surface area contributed by atoms with Crippen LogP contribution >= 0.6 is 11.6 Å². The van der Waals surface area contributed by atoms with Crippen LogP contribution in [0.4, 0.5) is 10.1 Å². The van der Waals surface area contributed by atoms with E-state index in [-0.39, 0.29) is 5.82 Å². The molecule has 0 saturated carbocycles. The van der Waals surface area contributed by atoms with Crippen molar-refractivity contribution in [2.24, 2.45) is 0 Å². The lowest BCUT2D eigenvalue weighted by molar-refractivity contribution is 0.628. The molecular weight excluding hydrogens is 285 g/mol. The standard InChI is InChI=1S/C18H19ClFN/c1-3-4-15(14-5-10-18(19)13(2)11-14)12-21-17-8-6-16(20)7-9-17/h4-11,21H,3,12H2,1-2H3. The Hall–Kier alpha value is -1.80. The summed E-state index contributed by atoms with van der Waals surface area (Å²) in [6, 6.07) is 12.4. The number of nitrogens with one attached hydrogen (secondary N) is 1. The summed E-state index contributed by atoms with van der Waals surface area (Å²) in [6.45, 7) is 4.81. The van der Waals surface area contributed by atoms with Crippen molar-refractivity contribution >= 4 is 22.9 Å². The minimum Gasteiger partial charge on any atom is -0.381 e. The van der Waals surface area contributed by atoms with E-state index in [4.69, 9.17) is 11.6 Å². The Kier molecular flexibility index (Phi) is 5.40. The van der Waals surface area contributed by atoms with Crippen molar-refractivity contribution in [3.63, 3.8) is 0 Å². The number of anilines is 1. The summed E-state index contributed by atoms with van der Waals surface area (Å²) < 4.78 is 12.9. The number of rotatable bonds is 5. The number of aryl methyl sites for hydroxylation is 1. The fourth-order valence-electron chi connectivity index (χ4n) is 2.15. The first-order chi connectivity index (χ1) is 10.1. The van der Waals surface area contributed by atoms with Crippen LogP contribution in [0.3, 0.4) is 0 Å². The molecule has 3 heteroatoms. The van der Waals surface area contributed by atoms with Gasteiger partial charge in [-0.1, -0.05) is 36.7 Å². The molecule has 0 radical (unpaired) electrons. The van der Waals surface area contributed by atoms with Crippen molar-refractivity contribution in [2.75, 3.05) is 11.9 Å². The van der Waals surface area contributed by atoms with E-state index in [1.54, 1.807) is 12.1 Å². The molecule has 0 atom stereocenters. The van der Waals surface area contributed by atoms with Gasteiger partial charge in [0, 0.05) is 17.3 Å². The van der Waals surface area contributed by atoms with Gasteiger partial charge in [-0.3, -0.25) is 0 Å². The van der Waals surface area contributed by atoms with Gasteiger partial charge in [-0.2, -0.15) is 0 Å². The van der Waals surface area contributed by atoms with Crippen LogP contribution in [0.25, 0.3) is 5.57 Å². The lowest BCUT2D eigenvalue weighted by Crippen LogP contribution is -2.04. The Labute approximate surface area is 130 Å². The highest BCUT2D eigenvalue weighted by atomic mass is 35.5. The van der Waals surface area contributed by atoms with Gasteiger partial charge in [0.05, 0.1) is 0 Å². The fourth-order valence-corrected chi connectivity index (χ4v) is 2.27. The normalized spacial score (nSPS) is 11.5. The second-order valence-electron chi connectivity index (χ2n) is 4.96. The van der Waals surface area contributed by atoms with Crippen LogP contribution in [-0.2, 0) is 0 Å². The van der Waals surface area contributed by atoms with Gasteiger partial charge in [-0.05, 0) is 60.4 Å². The van der Waals surface area contributed by atoms with E-state index < -0.39 is 0 Å². The van der Waals surface area contributed by atoms with Crippen LogP contribution in [0.15, 0.2) is 48.5 Å². The van der Waals surface area contributed by atoms with E-state index in [2.05, 4.69) is 24.4 Å². The third-order valence-electron chi connectivity index (χ3n) is 3.31. The summed E-state index contributed by atoms with van der Waals surface area (Å²) >= 11 is 6.08. The monoisotopic (exact) mass is 303 g/mol. The lowest BCUT2D eigenvalue weighted by Gasteiger charge is -2.12. The number of halogens is 2. The van der Waals surface area contributed by atoms with Gasteiger partial charge in [0.15, 0.2) is 0 Å². The highest BCUT2D eigenvalue weighted by Crippen LogP contribution is 2.22. The van der Waals surface area contributed by atoms with Crippen LogP contribution in [0, 0.1) is 12.7 Å². The maximum Gasteiger partial charge on any atom is 0.123 e. The van der Waals surface area contributed by atoms with Crippen molar-refractivity contribution in [1.29, 1.82) is 0 Å². The van der Waals surface area contributed by atoms with Gasteiger partial charge in [0.1, 0.15) is 5.82 Å². The van der Waals surface area contributed by atoms with Crippen LogP contribution in [0.5, 0.6) is 0 Å². The zero-order chi connectivity index (χ0) is 15.2. The Morgan fingerprint density at radius 2 is 1.90 bits per heavy atom. The first kappa shape index (κ1) is 15.6. The van der Waals surface area contributed by atoms with E-state index in [1.165, 1.54) is 17.7 Å². The molecule has 21 heavy (non-hydrogen) atoms. The molecule has 110 valence electrons.